The Balaban J connectivity index is 1.24. The summed E-state index contributed by atoms with van der Waals surface area (Å²) in [4.78, 5) is 58.2. The van der Waals surface area contributed by atoms with E-state index in [1.54, 1.807) is 18.2 Å². The third kappa shape index (κ3) is 5.16. The van der Waals surface area contributed by atoms with Gasteiger partial charge in [0, 0.05) is 43.6 Å². The molecule has 4 heterocycles. The number of benzene rings is 2. The fraction of sp³-hybridized carbons (Fsp3) is 0.281. The number of nitrogens with one attached hydrogen (secondary N) is 2. The molecular formula is C32H28FN5O5. The number of ketones is 1. The number of hydrogen-bond acceptors (Lipinski definition) is 7. The average molecular weight is 582 g/mol. The predicted molar refractivity (Wildman–Crippen MR) is 155 cm³/mol. The highest BCUT2D eigenvalue weighted by molar-refractivity contribution is 6.10. The van der Waals surface area contributed by atoms with Gasteiger partial charge in [0.25, 0.3) is 11.8 Å². The van der Waals surface area contributed by atoms with Crippen LogP contribution in [0.5, 0.6) is 5.75 Å². The topological polar surface area (TPSA) is 121 Å². The number of Topliss-reactive ketones (excluding diaryl/α,β-unsaturated/α-hetero) is 1. The maximum absolute atomic E-state index is 14.9. The van der Waals surface area contributed by atoms with E-state index in [0.29, 0.717) is 37.1 Å². The van der Waals surface area contributed by atoms with Crippen molar-refractivity contribution >= 4 is 29.4 Å². The molecule has 6 rings (SSSR count). The van der Waals surface area contributed by atoms with Crippen molar-refractivity contribution in [3.05, 3.63) is 76.6 Å². The SMILES string of the molecule is COc1ccc2c(c1F)C(=O)N(CC1(C#Cc3ccc(-c4nc(N5CCC(=O)CC5)ccc4C)cc3)NC(=O)NC1=O)C2. The van der Waals surface area contributed by atoms with Gasteiger partial charge in [-0.25, -0.2) is 14.2 Å². The van der Waals surface area contributed by atoms with Gasteiger partial charge in [-0.2, -0.15) is 0 Å². The summed E-state index contributed by atoms with van der Waals surface area (Å²) < 4.78 is 19.9. The number of imide groups is 1. The van der Waals surface area contributed by atoms with Crippen molar-refractivity contribution in [1.29, 1.82) is 0 Å². The van der Waals surface area contributed by atoms with Gasteiger partial charge in [-0.15, -0.1) is 0 Å². The Bertz CT molecular complexity index is 1740. The number of nitrogens with zero attached hydrogens (tertiary/aromatic N) is 3. The molecule has 0 aliphatic carbocycles. The average Bonchev–Trinajstić information content (AvgIpc) is 3.47. The van der Waals surface area contributed by atoms with Crippen LogP contribution in [0.25, 0.3) is 11.3 Å². The number of halogens is 1. The number of anilines is 1. The molecule has 2 aromatic carbocycles. The maximum atomic E-state index is 14.9. The highest BCUT2D eigenvalue weighted by Gasteiger charge is 2.48. The van der Waals surface area contributed by atoms with Gasteiger partial charge in [-0.1, -0.05) is 36.1 Å². The summed E-state index contributed by atoms with van der Waals surface area (Å²) in [6.07, 6.45) is 1.03. The normalized spacial score (nSPS) is 19.5. The number of rotatable bonds is 5. The monoisotopic (exact) mass is 581 g/mol. The molecule has 43 heavy (non-hydrogen) atoms. The summed E-state index contributed by atoms with van der Waals surface area (Å²) in [5.74, 6) is 4.78. The smallest absolute Gasteiger partial charge is 0.323 e. The van der Waals surface area contributed by atoms with Gasteiger partial charge >= 0.3 is 6.03 Å². The van der Waals surface area contributed by atoms with Crippen molar-refractivity contribution in [2.24, 2.45) is 0 Å². The number of amides is 4. The van der Waals surface area contributed by atoms with Crippen molar-refractivity contribution in [2.75, 3.05) is 31.6 Å². The van der Waals surface area contributed by atoms with Gasteiger partial charge in [0.1, 0.15) is 11.6 Å². The second-order valence-corrected chi connectivity index (χ2v) is 10.8. The van der Waals surface area contributed by atoms with Crippen LogP contribution < -0.4 is 20.3 Å². The lowest BCUT2D eigenvalue weighted by Gasteiger charge is -2.27. The molecule has 4 amide bonds. The van der Waals surface area contributed by atoms with E-state index in [9.17, 15) is 23.6 Å². The van der Waals surface area contributed by atoms with Gasteiger partial charge in [0.05, 0.1) is 24.9 Å². The van der Waals surface area contributed by atoms with Crippen LogP contribution in [-0.4, -0.2) is 65.8 Å². The lowest BCUT2D eigenvalue weighted by atomic mass is 9.98. The zero-order chi connectivity index (χ0) is 30.3. The molecule has 2 N–H and O–H groups in total. The first-order valence-electron chi connectivity index (χ1n) is 13.8. The first-order chi connectivity index (χ1) is 20.7. The molecule has 2 saturated heterocycles. The zero-order valence-corrected chi connectivity index (χ0v) is 23.6. The first-order valence-corrected chi connectivity index (χ1v) is 13.8. The van der Waals surface area contributed by atoms with E-state index in [1.165, 1.54) is 18.1 Å². The second kappa shape index (κ2) is 10.9. The summed E-state index contributed by atoms with van der Waals surface area (Å²) >= 11 is 0. The molecule has 0 radical (unpaired) electrons. The van der Waals surface area contributed by atoms with E-state index in [0.717, 1.165) is 22.6 Å². The minimum absolute atomic E-state index is 0.0511. The molecule has 0 saturated carbocycles. The van der Waals surface area contributed by atoms with Crippen LogP contribution in [0.3, 0.4) is 0 Å². The van der Waals surface area contributed by atoms with Crippen LogP contribution in [0, 0.1) is 24.6 Å². The van der Waals surface area contributed by atoms with Gasteiger partial charge in [-0.3, -0.25) is 19.7 Å². The van der Waals surface area contributed by atoms with Crippen molar-refractivity contribution in [1.82, 2.24) is 20.5 Å². The fourth-order valence-electron chi connectivity index (χ4n) is 5.56. The number of carbonyl (C=O) groups excluding carboxylic acids is 4. The molecule has 3 aliphatic heterocycles. The minimum atomic E-state index is -1.73. The van der Waals surface area contributed by atoms with E-state index in [-0.39, 0.29) is 30.2 Å². The Labute approximate surface area is 247 Å². The molecule has 1 unspecified atom stereocenters. The molecule has 0 bridgehead atoms. The van der Waals surface area contributed by atoms with Gasteiger partial charge < -0.3 is 19.9 Å². The minimum Gasteiger partial charge on any atom is -0.494 e. The molecule has 218 valence electrons. The molecule has 1 atom stereocenters. The first kappa shape index (κ1) is 27.9. The molecule has 3 aliphatic rings. The third-order valence-electron chi connectivity index (χ3n) is 7.95. The fourth-order valence-corrected chi connectivity index (χ4v) is 5.56. The summed E-state index contributed by atoms with van der Waals surface area (Å²) in [6, 6.07) is 13.6. The largest absolute Gasteiger partial charge is 0.494 e. The number of urea groups is 1. The molecule has 0 spiro atoms. The molecule has 1 aromatic heterocycles. The van der Waals surface area contributed by atoms with Crippen molar-refractivity contribution in [3.8, 4) is 28.8 Å². The van der Waals surface area contributed by atoms with Crippen LogP contribution in [0.2, 0.25) is 0 Å². The molecule has 3 aromatic rings. The third-order valence-corrected chi connectivity index (χ3v) is 7.95. The Hall–Kier alpha value is -5.24. The number of aromatic nitrogens is 1. The highest BCUT2D eigenvalue weighted by Crippen LogP contribution is 2.32. The standard InChI is InChI=1S/C32H28FN5O5/c1-19-3-10-25(37-15-12-23(39)13-16-37)34-28(19)21-6-4-20(5-7-21)11-14-32(30(41)35-31(42)36-32)18-38-17-22-8-9-24(43-2)27(33)26(22)29(38)40/h3-10H,12-13,15-18H2,1-2H3,(H2,35,36,41,42). The van der Waals surface area contributed by atoms with Crippen molar-refractivity contribution in [2.45, 2.75) is 31.8 Å². The molecular weight excluding hydrogens is 553 g/mol. The quantitative estimate of drug-likeness (QED) is 0.351. The van der Waals surface area contributed by atoms with Crippen LogP contribution >= 0.6 is 0 Å². The number of methoxy groups -OCH3 is 1. The van der Waals surface area contributed by atoms with Crippen LogP contribution in [0.1, 0.15) is 39.9 Å². The Morgan fingerprint density at radius 3 is 2.44 bits per heavy atom. The van der Waals surface area contributed by atoms with Crippen LogP contribution in [-0.2, 0) is 16.1 Å². The number of pyridine rings is 1. The lowest BCUT2D eigenvalue weighted by Crippen LogP contribution is -2.54. The van der Waals surface area contributed by atoms with Crippen molar-refractivity contribution in [3.63, 3.8) is 0 Å². The molecule has 10 nitrogen and oxygen atoms in total. The highest BCUT2D eigenvalue weighted by atomic mass is 19.1. The Kier molecular flexibility index (Phi) is 7.05. The second-order valence-electron chi connectivity index (χ2n) is 10.8. The van der Waals surface area contributed by atoms with E-state index >= 15 is 0 Å². The summed E-state index contributed by atoms with van der Waals surface area (Å²) in [6.45, 7) is 3.04. The number of hydrogen-bond donors (Lipinski definition) is 2. The predicted octanol–water partition coefficient (Wildman–Crippen LogP) is 2.96. The number of aryl methyl sites for hydroxylation is 1. The van der Waals surface area contributed by atoms with E-state index in [4.69, 9.17) is 9.72 Å². The van der Waals surface area contributed by atoms with E-state index < -0.39 is 29.2 Å². The Morgan fingerprint density at radius 1 is 1.02 bits per heavy atom. The van der Waals surface area contributed by atoms with Crippen LogP contribution in [0.4, 0.5) is 15.0 Å². The van der Waals surface area contributed by atoms with Gasteiger partial charge in [0.15, 0.2) is 11.6 Å². The molecule has 11 heteroatoms. The number of carbonyl (C=O) groups is 4. The lowest BCUT2D eigenvalue weighted by molar-refractivity contribution is -0.122. The van der Waals surface area contributed by atoms with E-state index in [2.05, 4.69) is 27.4 Å². The van der Waals surface area contributed by atoms with E-state index in [1.807, 2.05) is 31.2 Å². The number of fused-ring (bicyclic) bond motifs is 1. The summed E-state index contributed by atoms with van der Waals surface area (Å²) in [5, 5.41) is 4.76. The van der Waals surface area contributed by atoms with Gasteiger partial charge in [-0.05, 0) is 42.3 Å². The maximum Gasteiger partial charge on any atom is 0.323 e. The zero-order valence-electron chi connectivity index (χ0n) is 23.6. The molecule has 2 fully saturated rings. The Morgan fingerprint density at radius 2 is 1.77 bits per heavy atom. The number of piperidine rings is 1. The van der Waals surface area contributed by atoms with Gasteiger partial charge in [0.2, 0.25) is 5.54 Å². The summed E-state index contributed by atoms with van der Waals surface area (Å²) in [5.41, 5.74) is 1.85. The van der Waals surface area contributed by atoms with Crippen molar-refractivity contribution < 1.29 is 28.3 Å². The number of ether oxygens (including phenoxy) is 1. The summed E-state index contributed by atoms with van der Waals surface area (Å²) in [7, 11) is 1.31. The van der Waals surface area contributed by atoms with Crippen LogP contribution in [0.15, 0.2) is 48.5 Å².